The summed E-state index contributed by atoms with van der Waals surface area (Å²) in [5, 5.41) is 10.8. The molecule has 18 heavy (non-hydrogen) atoms. The first-order chi connectivity index (χ1) is 8.34. The van der Waals surface area contributed by atoms with Gasteiger partial charge in [0.25, 0.3) is 0 Å². The molecule has 0 aromatic heterocycles. The Hall–Kier alpha value is -1.17. The fraction of sp³-hybridized carbons (Fsp3) is 0.500. The molecule has 0 aliphatic heterocycles. The van der Waals surface area contributed by atoms with Gasteiger partial charge in [-0.25, -0.2) is 4.39 Å². The molecule has 1 aromatic rings. The monoisotopic (exact) mass is 317 g/mol. The van der Waals surface area contributed by atoms with E-state index >= 15 is 0 Å². The molecule has 0 heterocycles. The number of para-hydroxylation sites is 1. The van der Waals surface area contributed by atoms with Crippen LogP contribution in [0.25, 0.3) is 0 Å². The third kappa shape index (κ3) is 2.09. The van der Waals surface area contributed by atoms with Gasteiger partial charge >= 0.3 is 5.69 Å². The number of hydrogen-bond donors (Lipinski definition) is 0. The zero-order valence-corrected chi connectivity index (χ0v) is 11.6. The maximum Gasteiger partial charge on any atom is 0.314 e. The Morgan fingerprint density at radius 3 is 2.72 bits per heavy atom. The summed E-state index contributed by atoms with van der Waals surface area (Å²) in [7, 11) is 0. The molecule has 2 unspecified atom stereocenters. The predicted molar refractivity (Wildman–Crippen MR) is 68.6 cm³/mol. The minimum atomic E-state index is -0.696. The largest absolute Gasteiger partial charge is 0.481 e. The second-order valence-corrected chi connectivity index (χ2v) is 6.08. The third-order valence-corrected chi connectivity index (χ3v) is 5.02. The summed E-state index contributed by atoms with van der Waals surface area (Å²) in [5.74, 6) is -0.960. The average molecular weight is 318 g/mol. The van der Waals surface area contributed by atoms with Gasteiger partial charge in [-0.2, -0.15) is 0 Å². The molecule has 0 bridgehead atoms. The van der Waals surface area contributed by atoms with Crippen molar-refractivity contribution in [1.29, 1.82) is 0 Å². The Bertz CT molecular complexity index is 492. The lowest BCUT2D eigenvalue weighted by Crippen LogP contribution is -2.53. The van der Waals surface area contributed by atoms with Crippen molar-refractivity contribution in [2.75, 3.05) is 0 Å². The molecule has 0 radical (unpaired) electrons. The summed E-state index contributed by atoms with van der Waals surface area (Å²) in [5.41, 5.74) is -0.500. The van der Waals surface area contributed by atoms with E-state index in [0.29, 0.717) is 6.42 Å². The Morgan fingerprint density at radius 2 is 2.22 bits per heavy atom. The van der Waals surface area contributed by atoms with Crippen LogP contribution in [-0.4, -0.2) is 15.9 Å². The van der Waals surface area contributed by atoms with Gasteiger partial charge in [0.05, 0.1) is 4.92 Å². The molecule has 1 aliphatic carbocycles. The number of hydrogen-bond acceptors (Lipinski definition) is 3. The quantitative estimate of drug-likeness (QED) is 0.485. The van der Waals surface area contributed by atoms with Crippen LogP contribution >= 0.6 is 15.9 Å². The van der Waals surface area contributed by atoms with Crippen LogP contribution in [0.2, 0.25) is 0 Å². The van der Waals surface area contributed by atoms with Crippen molar-refractivity contribution in [2.45, 2.75) is 31.2 Å². The van der Waals surface area contributed by atoms with E-state index in [0.717, 1.165) is 0 Å². The predicted octanol–water partition coefficient (Wildman–Crippen LogP) is 3.67. The van der Waals surface area contributed by atoms with Gasteiger partial charge in [-0.05, 0) is 12.5 Å². The maximum atomic E-state index is 13.6. The van der Waals surface area contributed by atoms with Gasteiger partial charge in [-0.3, -0.25) is 10.1 Å². The number of nitrogens with zero attached hydrogens (tertiary/aromatic N) is 1. The van der Waals surface area contributed by atoms with E-state index < -0.39 is 10.7 Å². The van der Waals surface area contributed by atoms with Crippen LogP contribution in [0, 0.1) is 21.3 Å². The smallest absolute Gasteiger partial charge is 0.314 e. The third-order valence-electron chi connectivity index (χ3n) is 3.46. The van der Waals surface area contributed by atoms with Crippen molar-refractivity contribution in [3.63, 3.8) is 0 Å². The van der Waals surface area contributed by atoms with E-state index in [9.17, 15) is 14.5 Å². The van der Waals surface area contributed by atoms with Gasteiger partial charge in [0.1, 0.15) is 6.10 Å². The molecule has 2 rings (SSSR count). The molecule has 0 amide bonds. The van der Waals surface area contributed by atoms with E-state index in [-0.39, 0.29) is 27.8 Å². The maximum absolute atomic E-state index is 13.6. The molecule has 6 heteroatoms. The molecule has 1 aromatic carbocycles. The van der Waals surface area contributed by atoms with Crippen LogP contribution in [0.4, 0.5) is 10.1 Å². The molecule has 4 nitrogen and oxygen atoms in total. The summed E-state index contributed by atoms with van der Waals surface area (Å²) >= 11 is 3.49. The minimum Gasteiger partial charge on any atom is -0.481 e. The van der Waals surface area contributed by atoms with Crippen LogP contribution in [-0.2, 0) is 0 Å². The molecular weight excluding hydrogens is 305 g/mol. The Balaban J connectivity index is 2.27. The highest BCUT2D eigenvalue weighted by Gasteiger charge is 2.49. The summed E-state index contributed by atoms with van der Waals surface area (Å²) in [6.07, 6.45) is 0.482. The van der Waals surface area contributed by atoms with Crippen molar-refractivity contribution in [2.24, 2.45) is 5.41 Å². The first-order valence-electron chi connectivity index (χ1n) is 5.57. The fourth-order valence-corrected chi connectivity index (χ4v) is 2.57. The number of alkyl halides is 1. The number of ether oxygens (including phenoxy) is 1. The molecule has 2 atom stereocenters. The lowest BCUT2D eigenvalue weighted by atomic mass is 9.69. The summed E-state index contributed by atoms with van der Waals surface area (Å²) < 4.78 is 19.2. The standard InChI is InChI=1S/C12H13BrFNO3/c1-12(2)9(13)6-10(12)18-11-7(14)4-3-5-8(11)15(16)17/h3-5,9-10H,6H2,1-2H3. The lowest BCUT2D eigenvalue weighted by Gasteiger charge is -2.48. The van der Waals surface area contributed by atoms with Gasteiger partial charge in [0.15, 0.2) is 5.82 Å². The molecule has 0 saturated heterocycles. The summed E-state index contributed by atoms with van der Waals surface area (Å²) in [6, 6.07) is 3.72. The average Bonchev–Trinajstić information content (AvgIpc) is 2.30. The van der Waals surface area contributed by atoms with E-state index in [1.165, 1.54) is 18.2 Å². The number of benzene rings is 1. The van der Waals surface area contributed by atoms with Gasteiger partial charge < -0.3 is 4.74 Å². The molecule has 1 aliphatic rings. The first-order valence-corrected chi connectivity index (χ1v) is 6.49. The Morgan fingerprint density at radius 1 is 1.56 bits per heavy atom. The van der Waals surface area contributed by atoms with Crippen molar-refractivity contribution in [3.8, 4) is 5.75 Å². The van der Waals surface area contributed by atoms with Crippen LogP contribution in [0.15, 0.2) is 18.2 Å². The SMILES string of the molecule is CC1(C)C(Br)CC1Oc1c(F)cccc1[N+](=O)[O-]. The summed E-state index contributed by atoms with van der Waals surface area (Å²) in [4.78, 5) is 10.5. The van der Waals surface area contributed by atoms with Crippen molar-refractivity contribution >= 4 is 21.6 Å². The second-order valence-electron chi connectivity index (χ2n) is 4.98. The number of nitro benzene ring substituents is 1. The fourth-order valence-electron chi connectivity index (χ4n) is 1.94. The number of rotatable bonds is 3. The topological polar surface area (TPSA) is 52.4 Å². The molecule has 98 valence electrons. The van der Waals surface area contributed by atoms with Crippen molar-refractivity contribution < 1.29 is 14.1 Å². The van der Waals surface area contributed by atoms with Gasteiger partial charge in [-0.1, -0.05) is 35.8 Å². The van der Waals surface area contributed by atoms with Crippen molar-refractivity contribution in [3.05, 3.63) is 34.1 Å². The highest BCUT2D eigenvalue weighted by Crippen LogP contribution is 2.48. The highest BCUT2D eigenvalue weighted by molar-refractivity contribution is 9.09. The Labute approximate surface area is 112 Å². The highest BCUT2D eigenvalue weighted by atomic mass is 79.9. The molecule has 1 fully saturated rings. The number of nitro groups is 1. The minimum absolute atomic E-state index is 0.170. The molecule has 0 N–H and O–H groups in total. The van der Waals surface area contributed by atoms with Crippen molar-refractivity contribution in [1.82, 2.24) is 0 Å². The van der Waals surface area contributed by atoms with Crippen LogP contribution in [0.3, 0.4) is 0 Å². The second kappa shape index (κ2) is 4.50. The van der Waals surface area contributed by atoms with E-state index in [1.54, 1.807) is 0 Å². The summed E-state index contributed by atoms with van der Waals surface area (Å²) in [6.45, 7) is 3.96. The number of halogens is 2. The van der Waals surface area contributed by atoms with E-state index in [2.05, 4.69) is 15.9 Å². The van der Waals surface area contributed by atoms with Crippen LogP contribution < -0.4 is 4.74 Å². The zero-order chi connectivity index (χ0) is 13.5. The van der Waals surface area contributed by atoms with E-state index in [1.807, 2.05) is 13.8 Å². The zero-order valence-electron chi connectivity index (χ0n) is 10.0. The van der Waals surface area contributed by atoms with E-state index in [4.69, 9.17) is 4.74 Å². The van der Waals surface area contributed by atoms with Gasteiger partial charge in [-0.15, -0.1) is 0 Å². The Kier molecular flexibility index (Phi) is 3.31. The first kappa shape index (κ1) is 13.3. The van der Waals surface area contributed by atoms with Crippen LogP contribution in [0.1, 0.15) is 20.3 Å². The molecule has 0 spiro atoms. The van der Waals surface area contributed by atoms with Gasteiger partial charge in [0, 0.05) is 16.3 Å². The van der Waals surface area contributed by atoms with Gasteiger partial charge in [0.2, 0.25) is 5.75 Å². The lowest BCUT2D eigenvalue weighted by molar-refractivity contribution is -0.386. The van der Waals surface area contributed by atoms with Crippen LogP contribution in [0.5, 0.6) is 5.75 Å². The normalized spacial score (nSPS) is 25.3. The molecular formula is C12H13BrFNO3. The molecule has 1 saturated carbocycles.